The maximum absolute atomic E-state index is 12.7. The Morgan fingerprint density at radius 2 is 2.12 bits per heavy atom. The summed E-state index contributed by atoms with van der Waals surface area (Å²) in [5.74, 6) is -1.02. The molecule has 0 amide bonds. The lowest BCUT2D eigenvalue weighted by atomic mass is 9.98. The second-order valence-electron chi connectivity index (χ2n) is 3.52. The molecule has 0 spiro atoms. The highest BCUT2D eigenvalue weighted by atomic mass is 19.4. The van der Waals surface area contributed by atoms with Crippen LogP contribution in [0.25, 0.3) is 0 Å². The number of ether oxygens (including phenoxy) is 1. The zero-order chi connectivity index (χ0) is 12.6. The summed E-state index contributed by atoms with van der Waals surface area (Å²) in [6.45, 7) is 0. The topological polar surface area (TPSA) is 50.1 Å². The number of carbonyl (C=O) groups excluding carboxylic acids is 1. The van der Waals surface area contributed by atoms with Gasteiger partial charge in [-0.15, -0.1) is 0 Å². The van der Waals surface area contributed by atoms with Crippen molar-refractivity contribution in [3.8, 4) is 6.07 Å². The van der Waals surface area contributed by atoms with Crippen LogP contribution in [-0.2, 0) is 10.9 Å². The molecule has 0 saturated carbocycles. The second-order valence-corrected chi connectivity index (χ2v) is 3.52. The monoisotopic (exact) mass is 241 g/mol. The average Bonchev–Trinajstić information content (AvgIpc) is 2.55. The van der Waals surface area contributed by atoms with Crippen molar-refractivity contribution in [2.24, 2.45) is 0 Å². The quantitative estimate of drug-likeness (QED) is 0.710. The van der Waals surface area contributed by atoms with Gasteiger partial charge in [0.25, 0.3) is 0 Å². The number of nitriles is 1. The molecule has 88 valence electrons. The Labute approximate surface area is 94.4 Å². The number of nitrogens with zero attached hydrogens (tertiary/aromatic N) is 1. The normalized spacial score (nSPS) is 18.5. The highest BCUT2D eigenvalue weighted by Gasteiger charge is 2.41. The molecule has 0 aliphatic carbocycles. The number of carbonyl (C=O) groups is 1. The fourth-order valence-electron chi connectivity index (χ4n) is 1.79. The molecule has 3 nitrogen and oxygen atoms in total. The Morgan fingerprint density at radius 3 is 2.71 bits per heavy atom. The average molecular weight is 241 g/mol. The summed E-state index contributed by atoms with van der Waals surface area (Å²) >= 11 is 0. The molecule has 17 heavy (non-hydrogen) atoms. The predicted octanol–water partition coefficient (Wildman–Crippen LogP) is 2.83. The predicted molar refractivity (Wildman–Crippen MR) is 49.8 cm³/mol. The van der Waals surface area contributed by atoms with Gasteiger partial charge in [0.15, 0.2) is 0 Å². The molecule has 1 aliphatic rings. The third kappa shape index (κ3) is 1.84. The number of alkyl halides is 3. The summed E-state index contributed by atoms with van der Waals surface area (Å²) in [5, 5.41) is 8.50. The number of rotatable bonds is 1. The largest absolute Gasteiger partial charge is 0.453 e. The van der Waals surface area contributed by atoms with Gasteiger partial charge in [0.2, 0.25) is 0 Å². The van der Waals surface area contributed by atoms with Crippen LogP contribution in [0.2, 0.25) is 0 Å². The molecular formula is C11H6F3NO2. The van der Waals surface area contributed by atoms with Crippen molar-refractivity contribution in [2.45, 2.75) is 18.7 Å². The molecule has 6 heteroatoms. The third-order valence-corrected chi connectivity index (χ3v) is 2.48. The smallest absolute Gasteiger partial charge is 0.417 e. The fourth-order valence-corrected chi connectivity index (χ4v) is 1.79. The minimum absolute atomic E-state index is 0.131. The van der Waals surface area contributed by atoms with E-state index < -0.39 is 29.4 Å². The van der Waals surface area contributed by atoms with Gasteiger partial charge < -0.3 is 4.74 Å². The van der Waals surface area contributed by atoms with E-state index in [-0.39, 0.29) is 12.0 Å². The number of esters is 1. The first-order valence-electron chi connectivity index (χ1n) is 4.73. The molecule has 0 saturated heterocycles. The number of benzene rings is 1. The van der Waals surface area contributed by atoms with E-state index in [1.165, 1.54) is 12.1 Å². The summed E-state index contributed by atoms with van der Waals surface area (Å²) in [7, 11) is 0. The maximum atomic E-state index is 12.7. The standard InChI is InChI=1S/C11H6F3NO2/c12-11(13,14)7-3-1-2-6-8(4-5-15)17-10(16)9(6)7/h1-3,8H,4H2/t8-/m1/s1. The molecule has 0 aromatic heterocycles. The number of halogens is 3. The van der Waals surface area contributed by atoms with Crippen molar-refractivity contribution in [3.05, 3.63) is 34.9 Å². The van der Waals surface area contributed by atoms with Gasteiger partial charge in [-0.25, -0.2) is 4.79 Å². The summed E-state index contributed by atoms with van der Waals surface area (Å²) in [6, 6.07) is 5.17. The van der Waals surface area contributed by atoms with Crippen LogP contribution < -0.4 is 0 Å². The summed E-state index contributed by atoms with van der Waals surface area (Å²) in [6.07, 6.45) is -5.66. The van der Waals surface area contributed by atoms with E-state index >= 15 is 0 Å². The molecule has 0 N–H and O–H groups in total. The van der Waals surface area contributed by atoms with Gasteiger partial charge in [-0.3, -0.25) is 0 Å². The van der Waals surface area contributed by atoms with Crippen LogP contribution in [0.5, 0.6) is 0 Å². The van der Waals surface area contributed by atoms with E-state index in [1.54, 1.807) is 6.07 Å². The SMILES string of the molecule is N#CC[C@H]1OC(=O)c2c1cccc2C(F)(F)F. The molecule has 1 aromatic carbocycles. The number of fused-ring (bicyclic) bond motifs is 1. The highest BCUT2D eigenvalue weighted by Crippen LogP contribution is 2.40. The van der Waals surface area contributed by atoms with Crippen LogP contribution in [-0.4, -0.2) is 5.97 Å². The van der Waals surface area contributed by atoms with Crippen LogP contribution in [0.15, 0.2) is 18.2 Å². The van der Waals surface area contributed by atoms with Crippen LogP contribution in [0.1, 0.15) is 34.0 Å². The van der Waals surface area contributed by atoms with Crippen molar-refractivity contribution in [3.63, 3.8) is 0 Å². The summed E-state index contributed by atoms with van der Waals surface area (Å²) < 4.78 is 42.7. The molecule has 1 aromatic rings. The molecular weight excluding hydrogens is 235 g/mol. The minimum atomic E-state index is -4.61. The van der Waals surface area contributed by atoms with Crippen molar-refractivity contribution in [1.29, 1.82) is 5.26 Å². The van der Waals surface area contributed by atoms with Crippen LogP contribution in [0, 0.1) is 11.3 Å². The van der Waals surface area contributed by atoms with Gasteiger partial charge in [-0.1, -0.05) is 12.1 Å². The Kier molecular flexibility index (Phi) is 2.54. The van der Waals surface area contributed by atoms with Gasteiger partial charge >= 0.3 is 12.1 Å². The Bertz CT molecular complexity index is 516. The van der Waals surface area contributed by atoms with Crippen LogP contribution in [0.4, 0.5) is 13.2 Å². The number of hydrogen-bond donors (Lipinski definition) is 0. The van der Waals surface area contributed by atoms with Gasteiger partial charge in [0.05, 0.1) is 23.6 Å². The molecule has 2 rings (SSSR count). The minimum Gasteiger partial charge on any atom is -0.453 e. The van der Waals surface area contributed by atoms with Crippen molar-refractivity contribution < 1.29 is 22.7 Å². The Morgan fingerprint density at radius 1 is 1.41 bits per heavy atom. The van der Waals surface area contributed by atoms with Gasteiger partial charge in [0.1, 0.15) is 6.10 Å². The first kappa shape index (κ1) is 11.5. The molecule has 1 aliphatic heterocycles. The zero-order valence-electron chi connectivity index (χ0n) is 8.41. The molecule has 0 bridgehead atoms. The lowest BCUT2D eigenvalue weighted by Crippen LogP contribution is -2.11. The summed E-state index contributed by atoms with van der Waals surface area (Å²) in [5.41, 5.74) is -1.35. The molecule has 0 unspecified atom stereocenters. The van der Waals surface area contributed by atoms with Gasteiger partial charge in [-0.2, -0.15) is 18.4 Å². The van der Waals surface area contributed by atoms with Crippen molar-refractivity contribution in [2.75, 3.05) is 0 Å². The van der Waals surface area contributed by atoms with Gasteiger partial charge in [-0.05, 0) is 6.07 Å². The van der Waals surface area contributed by atoms with Crippen LogP contribution >= 0.6 is 0 Å². The first-order chi connectivity index (χ1) is 7.95. The van der Waals surface area contributed by atoms with E-state index in [0.717, 1.165) is 6.07 Å². The van der Waals surface area contributed by atoms with E-state index in [1.807, 2.05) is 0 Å². The third-order valence-electron chi connectivity index (χ3n) is 2.48. The Balaban J connectivity index is 2.57. The summed E-state index contributed by atoms with van der Waals surface area (Å²) in [4.78, 5) is 11.4. The van der Waals surface area contributed by atoms with Crippen molar-refractivity contribution >= 4 is 5.97 Å². The Hall–Kier alpha value is -2.03. The lowest BCUT2D eigenvalue weighted by Gasteiger charge is -2.09. The molecule has 1 heterocycles. The molecule has 0 fully saturated rings. The van der Waals surface area contributed by atoms with E-state index in [0.29, 0.717) is 0 Å². The van der Waals surface area contributed by atoms with E-state index in [4.69, 9.17) is 10.00 Å². The number of cyclic esters (lactones) is 1. The highest BCUT2D eigenvalue weighted by molar-refractivity contribution is 5.95. The first-order valence-corrected chi connectivity index (χ1v) is 4.73. The fraction of sp³-hybridized carbons (Fsp3) is 0.273. The van der Waals surface area contributed by atoms with Crippen LogP contribution in [0.3, 0.4) is 0 Å². The second kappa shape index (κ2) is 3.77. The molecule has 0 radical (unpaired) electrons. The zero-order valence-corrected chi connectivity index (χ0v) is 8.41. The maximum Gasteiger partial charge on any atom is 0.417 e. The van der Waals surface area contributed by atoms with E-state index in [9.17, 15) is 18.0 Å². The van der Waals surface area contributed by atoms with E-state index in [2.05, 4.69) is 0 Å². The molecule has 1 atom stereocenters. The lowest BCUT2D eigenvalue weighted by molar-refractivity contribution is -0.138. The van der Waals surface area contributed by atoms with Crippen molar-refractivity contribution in [1.82, 2.24) is 0 Å². The number of hydrogen-bond acceptors (Lipinski definition) is 3. The van der Waals surface area contributed by atoms with Gasteiger partial charge in [0, 0.05) is 5.56 Å².